The molecule has 0 spiro atoms. The van der Waals surface area contributed by atoms with Crippen molar-refractivity contribution in [3.63, 3.8) is 0 Å². The van der Waals surface area contributed by atoms with E-state index in [0.29, 0.717) is 43.8 Å². The maximum atomic E-state index is 5.85. The Kier molecular flexibility index (Phi) is 6.05. The van der Waals surface area contributed by atoms with Gasteiger partial charge in [0.15, 0.2) is 5.82 Å². The Hall–Kier alpha value is -1.60. The SMILES string of the molecule is COCCNc1ncnc(OCCOC)c1N. The van der Waals surface area contributed by atoms with E-state index in [9.17, 15) is 0 Å². The van der Waals surface area contributed by atoms with Crippen molar-refractivity contribution < 1.29 is 14.2 Å². The van der Waals surface area contributed by atoms with E-state index in [4.69, 9.17) is 19.9 Å². The first-order chi connectivity index (χ1) is 8.29. The van der Waals surface area contributed by atoms with E-state index >= 15 is 0 Å². The van der Waals surface area contributed by atoms with Crippen LogP contribution in [0, 0.1) is 0 Å². The average molecular weight is 242 g/mol. The number of ether oxygens (including phenoxy) is 3. The fourth-order valence-corrected chi connectivity index (χ4v) is 1.13. The van der Waals surface area contributed by atoms with Gasteiger partial charge in [-0.1, -0.05) is 0 Å². The van der Waals surface area contributed by atoms with Gasteiger partial charge in [-0.3, -0.25) is 0 Å². The first-order valence-electron chi connectivity index (χ1n) is 5.24. The van der Waals surface area contributed by atoms with Gasteiger partial charge in [0.25, 0.3) is 0 Å². The summed E-state index contributed by atoms with van der Waals surface area (Å²) in [7, 11) is 3.23. The van der Waals surface area contributed by atoms with Gasteiger partial charge in [-0.2, -0.15) is 4.98 Å². The summed E-state index contributed by atoms with van der Waals surface area (Å²) in [6.07, 6.45) is 1.40. The fourth-order valence-electron chi connectivity index (χ4n) is 1.13. The third-order valence-corrected chi connectivity index (χ3v) is 1.97. The van der Waals surface area contributed by atoms with Crippen molar-refractivity contribution in [1.29, 1.82) is 0 Å². The van der Waals surface area contributed by atoms with Crippen molar-refractivity contribution in [2.75, 3.05) is 51.6 Å². The lowest BCUT2D eigenvalue weighted by Gasteiger charge is -2.11. The maximum absolute atomic E-state index is 5.85. The highest BCUT2D eigenvalue weighted by molar-refractivity contribution is 5.66. The largest absolute Gasteiger partial charge is 0.474 e. The highest BCUT2D eigenvalue weighted by Gasteiger charge is 2.08. The Morgan fingerprint density at radius 1 is 1.18 bits per heavy atom. The highest BCUT2D eigenvalue weighted by Crippen LogP contribution is 2.23. The zero-order valence-electron chi connectivity index (χ0n) is 10.1. The molecule has 0 unspecified atom stereocenters. The van der Waals surface area contributed by atoms with Crippen LogP contribution in [0.1, 0.15) is 0 Å². The second-order valence-corrected chi connectivity index (χ2v) is 3.20. The predicted octanol–water partition coefficient (Wildman–Crippen LogP) is 0.142. The van der Waals surface area contributed by atoms with Crippen LogP contribution in [0.15, 0.2) is 6.33 Å². The summed E-state index contributed by atoms with van der Waals surface area (Å²) in [6.45, 7) is 2.07. The summed E-state index contributed by atoms with van der Waals surface area (Å²) < 4.78 is 15.1. The molecule has 0 aliphatic carbocycles. The summed E-state index contributed by atoms with van der Waals surface area (Å²) in [5, 5.41) is 3.03. The molecule has 0 aliphatic rings. The molecule has 7 nitrogen and oxygen atoms in total. The number of nitrogens with two attached hydrogens (primary N) is 1. The second-order valence-electron chi connectivity index (χ2n) is 3.20. The van der Waals surface area contributed by atoms with Crippen LogP contribution in [-0.2, 0) is 9.47 Å². The molecule has 0 fully saturated rings. The van der Waals surface area contributed by atoms with E-state index in [1.165, 1.54) is 6.33 Å². The third kappa shape index (κ3) is 4.41. The van der Waals surface area contributed by atoms with E-state index in [1.807, 2.05) is 0 Å². The van der Waals surface area contributed by atoms with Crippen LogP contribution in [0.3, 0.4) is 0 Å². The Labute approximate surface area is 100 Å². The van der Waals surface area contributed by atoms with Gasteiger partial charge in [-0.25, -0.2) is 4.98 Å². The van der Waals surface area contributed by atoms with E-state index in [-0.39, 0.29) is 0 Å². The van der Waals surface area contributed by atoms with E-state index in [1.54, 1.807) is 14.2 Å². The average Bonchev–Trinajstić information content (AvgIpc) is 2.34. The second kappa shape index (κ2) is 7.64. The molecule has 0 atom stereocenters. The molecular formula is C10H18N4O3. The summed E-state index contributed by atoms with van der Waals surface area (Å²) in [5.41, 5.74) is 6.24. The van der Waals surface area contributed by atoms with Gasteiger partial charge in [0, 0.05) is 20.8 Å². The van der Waals surface area contributed by atoms with Gasteiger partial charge in [0.05, 0.1) is 13.2 Å². The van der Waals surface area contributed by atoms with Crippen molar-refractivity contribution >= 4 is 11.5 Å². The van der Waals surface area contributed by atoms with Gasteiger partial charge < -0.3 is 25.3 Å². The molecule has 96 valence electrons. The van der Waals surface area contributed by atoms with Crippen molar-refractivity contribution in [1.82, 2.24) is 9.97 Å². The normalized spacial score (nSPS) is 10.2. The van der Waals surface area contributed by atoms with Crippen LogP contribution in [0.5, 0.6) is 5.88 Å². The standard InChI is InChI=1S/C10H18N4O3/c1-15-4-3-12-9-8(11)10(14-7-13-9)17-6-5-16-2/h7H,3-6,11H2,1-2H3,(H,12,13,14). The predicted molar refractivity (Wildman–Crippen MR) is 64.2 cm³/mol. The number of aromatic nitrogens is 2. The van der Waals surface area contributed by atoms with Crippen LogP contribution in [0.25, 0.3) is 0 Å². The van der Waals surface area contributed by atoms with Crippen molar-refractivity contribution in [3.8, 4) is 5.88 Å². The van der Waals surface area contributed by atoms with Crippen LogP contribution in [-0.4, -0.2) is 50.6 Å². The number of methoxy groups -OCH3 is 2. The number of nitrogens with one attached hydrogen (secondary N) is 1. The molecule has 3 N–H and O–H groups in total. The lowest BCUT2D eigenvalue weighted by molar-refractivity contribution is 0.144. The molecule has 1 aromatic heterocycles. The Bertz CT molecular complexity index is 307. The van der Waals surface area contributed by atoms with E-state index < -0.39 is 0 Å². The fraction of sp³-hybridized carbons (Fsp3) is 0.600. The molecule has 7 heteroatoms. The molecular weight excluding hydrogens is 224 g/mol. The molecule has 0 aromatic carbocycles. The Morgan fingerprint density at radius 2 is 1.94 bits per heavy atom. The van der Waals surface area contributed by atoms with Gasteiger partial charge in [0.1, 0.15) is 18.6 Å². The first kappa shape index (κ1) is 13.5. The third-order valence-electron chi connectivity index (χ3n) is 1.97. The minimum atomic E-state index is 0.358. The number of rotatable bonds is 8. The summed E-state index contributed by atoms with van der Waals surface area (Å²) in [5.74, 6) is 0.904. The summed E-state index contributed by atoms with van der Waals surface area (Å²) >= 11 is 0. The molecule has 0 aliphatic heterocycles. The molecule has 0 saturated heterocycles. The lowest BCUT2D eigenvalue weighted by Crippen LogP contribution is -2.13. The molecule has 1 heterocycles. The van der Waals surface area contributed by atoms with Crippen LogP contribution >= 0.6 is 0 Å². The van der Waals surface area contributed by atoms with E-state index in [2.05, 4.69) is 15.3 Å². The quantitative estimate of drug-likeness (QED) is 0.626. The van der Waals surface area contributed by atoms with Crippen molar-refractivity contribution in [2.24, 2.45) is 0 Å². The zero-order valence-corrected chi connectivity index (χ0v) is 10.1. The molecule has 0 bridgehead atoms. The zero-order chi connectivity index (χ0) is 12.5. The monoisotopic (exact) mass is 242 g/mol. The summed E-state index contributed by atoms with van der Waals surface area (Å²) in [4.78, 5) is 7.98. The molecule has 0 saturated carbocycles. The van der Waals surface area contributed by atoms with Gasteiger partial charge in [0.2, 0.25) is 5.88 Å². The van der Waals surface area contributed by atoms with Crippen LogP contribution < -0.4 is 15.8 Å². The van der Waals surface area contributed by atoms with Crippen LogP contribution in [0.2, 0.25) is 0 Å². The minimum Gasteiger partial charge on any atom is -0.474 e. The lowest BCUT2D eigenvalue weighted by atomic mass is 10.4. The van der Waals surface area contributed by atoms with Crippen molar-refractivity contribution in [3.05, 3.63) is 6.33 Å². The minimum absolute atomic E-state index is 0.358. The first-order valence-corrected chi connectivity index (χ1v) is 5.24. The number of nitrogen functional groups attached to an aromatic ring is 1. The number of nitrogens with zero attached hydrogens (tertiary/aromatic N) is 2. The Morgan fingerprint density at radius 3 is 2.65 bits per heavy atom. The maximum Gasteiger partial charge on any atom is 0.242 e. The molecule has 0 radical (unpaired) electrons. The topological polar surface area (TPSA) is 91.5 Å². The highest BCUT2D eigenvalue weighted by atomic mass is 16.5. The van der Waals surface area contributed by atoms with Gasteiger partial charge in [-0.05, 0) is 0 Å². The smallest absolute Gasteiger partial charge is 0.242 e. The summed E-state index contributed by atoms with van der Waals surface area (Å²) in [6, 6.07) is 0. The molecule has 1 rings (SSSR count). The molecule has 1 aromatic rings. The molecule has 17 heavy (non-hydrogen) atoms. The number of anilines is 2. The van der Waals surface area contributed by atoms with Crippen molar-refractivity contribution in [2.45, 2.75) is 0 Å². The number of hydrogen-bond acceptors (Lipinski definition) is 7. The van der Waals surface area contributed by atoms with Crippen LogP contribution in [0.4, 0.5) is 11.5 Å². The van der Waals surface area contributed by atoms with E-state index in [0.717, 1.165) is 0 Å². The van der Waals surface area contributed by atoms with Gasteiger partial charge in [-0.15, -0.1) is 0 Å². The number of hydrogen-bond donors (Lipinski definition) is 2. The Balaban J connectivity index is 2.56. The molecule has 0 amide bonds. The van der Waals surface area contributed by atoms with Gasteiger partial charge >= 0.3 is 0 Å².